The first-order valence-electron chi connectivity index (χ1n) is 8.42. The maximum Gasteiger partial charge on any atom is 0.270 e. The second kappa shape index (κ2) is 7.94. The summed E-state index contributed by atoms with van der Waals surface area (Å²) in [5.74, 6) is 0.857. The third-order valence-electron chi connectivity index (χ3n) is 4.06. The summed E-state index contributed by atoms with van der Waals surface area (Å²) in [5, 5.41) is 10.9. The van der Waals surface area contributed by atoms with Gasteiger partial charge in [0.2, 0.25) is 5.95 Å². The van der Waals surface area contributed by atoms with Crippen LogP contribution in [0.3, 0.4) is 0 Å². The van der Waals surface area contributed by atoms with Gasteiger partial charge in [0.1, 0.15) is 5.69 Å². The zero-order chi connectivity index (χ0) is 20.3. The number of rotatable bonds is 6. The molecule has 1 fully saturated rings. The summed E-state index contributed by atoms with van der Waals surface area (Å²) in [4.78, 5) is 22.4. The highest BCUT2D eigenvalue weighted by molar-refractivity contribution is 7.92. The van der Waals surface area contributed by atoms with Gasteiger partial charge in [-0.1, -0.05) is 6.07 Å². The molecular formula is C16H20N6O5S. The number of sulfonamides is 1. The van der Waals surface area contributed by atoms with Gasteiger partial charge < -0.3 is 14.5 Å². The van der Waals surface area contributed by atoms with E-state index in [4.69, 9.17) is 4.74 Å². The maximum absolute atomic E-state index is 12.7. The Kier molecular flexibility index (Phi) is 5.61. The number of ether oxygens (including phenoxy) is 1. The Hall–Kier alpha value is -2.99. The number of nitrogens with zero attached hydrogens (tertiary/aromatic N) is 5. The second-order valence-corrected chi connectivity index (χ2v) is 7.94. The molecule has 0 amide bonds. The minimum Gasteiger partial charge on any atom is -0.378 e. The van der Waals surface area contributed by atoms with E-state index in [1.807, 2.05) is 4.90 Å². The quantitative estimate of drug-likeness (QED) is 0.551. The van der Waals surface area contributed by atoms with Crippen molar-refractivity contribution in [2.45, 2.75) is 4.90 Å². The van der Waals surface area contributed by atoms with Crippen LogP contribution in [0.15, 0.2) is 35.4 Å². The van der Waals surface area contributed by atoms with Crippen molar-refractivity contribution in [3.8, 4) is 0 Å². The van der Waals surface area contributed by atoms with Crippen LogP contribution in [0.2, 0.25) is 0 Å². The molecular weight excluding hydrogens is 388 g/mol. The average molecular weight is 408 g/mol. The number of morpholine rings is 1. The van der Waals surface area contributed by atoms with E-state index in [1.54, 1.807) is 19.0 Å². The van der Waals surface area contributed by atoms with E-state index in [1.165, 1.54) is 24.4 Å². The van der Waals surface area contributed by atoms with Crippen molar-refractivity contribution in [3.05, 3.63) is 40.6 Å². The Bertz CT molecular complexity index is 975. The van der Waals surface area contributed by atoms with Gasteiger partial charge in [-0.15, -0.1) is 0 Å². The fraction of sp³-hybridized carbons (Fsp3) is 0.375. The van der Waals surface area contributed by atoms with E-state index in [-0.39, 0.29) is 16.3 Å². The molecule has 0 bridgehead atoms. The summed E-state index contributed by atoms with van der Waals surface area (Å²) < 4.78 is 33.1. The van der Waals surface area contributed by atoms with Crippen LogP contribution in [0.25, 0.3) is 0 Å². The number of anilines is 3. The largest absolute Gasteiger partial charge is 0.378 e. The summed E-state index contributed by atoms with van der Waals surface area (Å²) in [6.07, 6.45) is 1.39. The molecule has 0 saturated carbocycles. The smallest absolute Gasteiger partial charge is 0.270 e. The van der Waals surface area contributed by atoms with Crippen LogP contribution in [-0.2, 0) is 14.8 Å². The van der Waals surface area contributed by atoms with Crippen molar-refractivity contribution < 1.29 is 18.1 Å². The van der Waals surface area contributed by atoms with Gasteiger partial charge in [0.25, 0.3) is 15.7 Å². The number of nitro benzene ring substituents is 1. The van der Waals surface area contributed by atoms with Crippen LogP contribution >= 0.6 is 0 Å². The van der Waals surface area contributed by atoms with Gasteiger partial charge in [-0.3, -0.25) is 14.8 Å². The Morgan fingerprint density at radius 1 is 1.29 bits per heavy atom. The fourth-order valence-corrected chi connectivity index (χ4v) is 3.75. The van der Waals surface area contributed by atoms with E-state index >= 15 is 0 Å². The Morgan fingerprint density at radius 2 is 2.00 bits per heavy atom. The minimum absolute atomic E-state index is 0.175. The average Bonchev–Trinajstić information content (AvgIpc) is 2.68. The molecule has 0 atom stereocenters. The molecule has 1 aromatic heterocycles. The fourth-order valence-electron chi connectivity index (χ4n) is 2.66. The molecule has 12 heteroatoms. The van der Waals surface area contributed by atoms with Gasteiger partial charge >= 0.3 is 0 Å². The first-order chi connectivity index (χ1) is 13.3. The van der Waals surface area contributed by atoms with Crippen molar-refractivity contribution in [1.29, 1.82) is 0 Å². The first kappa shape index (κ1) is 19.8. The number of hydrogen-bond donors (Lipinski definition) is 1. The van der Waals surface area contributed by atoms with Crippen LogP contribution in [0.1, 0.15) is 0 Å². The van der Waals surface area contributed by atoms with Gasteiger partial charge in [0.15, 0.2) is 5.82 Å². The Balaban J connectivity index is 1.92. The number of hydrogen-bond acceptors (Lipinski definition) is 9. The monoisotopic (exact) mass is 408 g/mol. The highest BCUT2D eigenvalue weighted by atomic mass is 32.2. The predicted octanol–water partition coefficient (Wildman–Crippen LogP) is 1.09. The molecule has 1 aliphatic heterocycles. The van der Waals surface area contributed by atoms with Crippen LogP contribution in [0.4, 0.5) is 23.1 Å². The zero-order valence-electron chi connectivity index (χ0n) is 15.4. The zero-order valence-corrected chi connectivity index (χ0v) is 16.2. The number of non-ortho nitro benzene ring substituents is 1. The second-order valence-electron chi connectivity index (χ2n) is 6.26. The topological polar surface area (TPSA) is 131 Å². The number of nitrogens with one attached hydrogen (secondary N) is 1. The van der Waals surface area contributed by atoms with Crippen molar-refractivity contribution in [2.24, 2.45) is 0 Å². The molecule has 0 radical (unpaired) electrons. The highest BCUT2D eigenvalue weighted by Gasteiger charge is 2.22. The van der Waals surface area contributed by atoms with E-state index in [0.29, 0.717) is 38.1 Å². The molecule has 0 spiro atoms. The van der Waals surface area contributed by atoms with E-state index in [2.05, 4.69) is 14.7 Å². The molecule has 1 aliphatic rings. The molecule has 11 nitrogen and oxygen atoms in total. The summed E-state index contributed by atoms with van der Waals surface area (Å²) >= 11 is 0. The summed E-state index contributed by atoms with van der Waals surface area (Å²) in [6.45, 7) is 2.43. The van der Waals surface area contributed by atoms with Crippen molar-refractivity contribution in [1.82, 2.24) is 9.97 Å². The Labute approximate surface area is 162 Å². The van der Waals surface area contributed by atoms with E-state index in [9.17, 15) is 18.5 Å². The molecule has 0 unspecified atom stereocenters. The number of nitro groups is 1. The van der Waals surface area contributed by atoms with Gasteiger partial charge in [0.05, 0.1) is 29.2 Å². The predicted molar refractivity (Wildman–Crippen MR) is 103 cm³/mol. The lowest BCUT2D eigenvalue weighted by Gasteiger charge is -2.28. The minimum atomic E-state index is -4.06. The molecule has 1 saturated heterocycles. The number of benzene rings is 1. The van der Waals surface area contributed by atoms with E-state index < -0.39 is 14.9 Å². The van der Waals surface area contributed by atoms with Crippen LogP contribution < -0.4 is 14.5 Å². The van der Waals surface area contributed by atoms with Crippen molar-refractivity contribution >= 4 is 33.2 Å². The highest BCUT2D eigenvalue weighted by Crippen LogP contribution is 2.27. The normalized spacial score (nSPS) is 14.6. The molecule has 1 N–H and O–H groups in total. The standard InChI is InChI=1S/C16H20N6O5S/c1-20(2)15-14(11-17-16(18-15)21-6-8-27-9-7-21)19-28(25,26)13-5-3-4-12(10-13)22(23)24/h3-5,10-11,19H,6-9H2,1-2H3. The molecule has 0 aliphatic carbocycles. The summed E-state index contributed by atoms with van der Waals surface area (Å²) in [7, 11) is -0.592. The summed E-state index contributed by atoms with van der Waals surface area (Å²) in [6, 6.07) is 4.83. The van der Waals surface area contributed by atoms with Crippen molar-refractivity contribution in [3.63, 3.8) is 0 Å². The van der Waals surface area contributed by atoms with Gasteiger partial charge in [-0.25, -0.2) is 13.4 Å². The van der Waals surface area contributed by atoms with Crippen molar-refractivity contribution in [2.75, 3.05) is 54.9 Å². The molecule has 150 valence electrons. The lowest BCUT2D eigenvalue weighted by Crippen LogP contribution is -2.37. The molecule has 2 aromatic rings. The first-order valence-corrected chi connectivity index (χ1v) is 9.90. The number of aromatic nitrogens is 2. The van der Waals surface area contributed by atoms with Crippen LogP contribution in [0.5, 0.6) is 0 Å². The van der Waals surface area contributed by atoms with Gasteiger partial charge in [-0.2, -0.15) is 4.98 Å². The van der Waals surface area contributed by atoms with Crippen LogP contribution in [-0.4, -0.2) is 63.7 Å². The van der Waals surface area contributed by atoms with Gasteiger partial charge in [-0.05, 0) is 6.07 Å². The third-order valence-corrected chi connectivity index (χ3v) is 5.42. The molecule has 1 aromatic carbocycles. The maximum atomic E-state index is 12.7. The SMILES string of the molecule is CN(C)c1nc(N2CCOCC2)ncc1NS(=O)(=O)c1cccc([N+](=O)[O-])c1. The molecule has 28 heavy (non-hydrogen) atoms. The van der Waals surface area contributed by atoms with E-state index in [0.717, 1.165) is 6.07 Å². The summed E-state index contributed by atoms with van der Waals surface area (Å²) in [5.41, 5.74) is -0.136. The van der Waals surface area contributed by atoms with Gasteiger partial charge in [0, 0.05) is 39.3 Å². The molecule has 2 heterocycles. The third kappa shape index (κ3) is 4.28. The Morgan fingerprint density at radius 3 is 2.64 bits per heavy atom. The van der Waals surface area contributed by atoms with Crippen LogP contribution in [0, 0.1) is 10.1 Å². The lowest BCUT2D eigenvalue weighted by atomic mass is 10.3. The molecule has 3 rings (SSSR count). The lowest BCUT2D eigenvalue weighted by molar-refractivity contribution is -0.385.